The lowest BCUT2D eigenvalue weighted by molar-refractivity contribution is -0.128. The first-order valence-electron chi connectivity index (χ1n) is 6.87. The van der Waals surface area contributed by atoms with E-state index in [4.69, 9.17) is 4.74 Å². The third-order valence-electron chi connectivity index (χ3n) is 2.98. The van der Waals surface area contributed by atoms with Crippen LogP contribution in [0.5, 0.6) is 5.75 Å². The fraction of sp³-hybridized carbons (Fsp3) is 0.111. The van der Waals surface area contributed by atoms with Gasteiger partial charge in [0.05, 0.1) is 0 Å². The summed E-state index contributed by atoms with van der Waals surface area (Å²) in [5, 5.41) is 0. The van der Waals surface area contributed by atoms with E-state index < -0.39 is 5.97 Å². The van der Waals surface area contributed by atoms with Gasteiger partial charge in [-0.3, -0.25) is 4.79 Å². The highest BCUT2D eigenvalue weighted by molar-refractivity contribution is 9.10. The number of carbonyl (C=O) groups is 2. The molecule has 0 bridgehead atoms. The van der Waals surface area contributed by atoms with Gasteiger partial charge in [0.1, 0.15) is 5.75 Å². The number of carbonyl (C=O) groups excluding carboxylic acids is 2. The molecule has 0 radical (unpaired) electrons. The highest BCUT2D eigenvalue weighted by atomic mass is 79.9. The second-order valence-corrected chi connectivity index (χ2v) is 5.53. The van der Waals surface area contributed by atoms with Gasteiger partial charge in [-0.05, 0) is 48.0 Å². The van der Waals surface area contributed by atoms with Crippen LogP contribution in [0.15, 0.2) is 59.1 Å². The molecular formula is C18H15BrO3. The van der Waals surface area contributed by atoms with Crippen LogP contribution in [0.3, 0.4) is 0 Å². The second-order valence-electron chi connectivity index (χ2n) is 4.61. The number of rotatable bonds is 5. The fourth-order valence-corrected chi connectivity index (χ4v) is 2.25. The predicted octanol–water partition coefficient (Wildman–Crippen LogP) is 4.66. The Kier molecular flexibility index (Phi) is 5.67. The Hall–Kier alpha value is -2.20. The first-order valence-corrected chi connectivity index (χ1v) is 7.66. The summed E-state index contributed by atoms with van der Waals surface area (Å²) in [6.45, 7) is 1.81. The molecule has 0 aliphatic carbocycles. The van der Waals surface area contributed by atoms with Crippen LogP contribution in [0.2, 0.25) is 0 Å². The highest BCUT2D eigenvalue weighted by Crippen LogP contribution is 2.15. The van der Waals surface area contributed by atoms with E-state index in [1.165, 1.54) is 6.08 Å². The molecule has 0 aliphatic heterocycles. The maximum atomic E-state index is 11.8. The molecule has 0 atom stereocenters. The average molecular weight is 359 g/mol. The van der Waals surface area contributed by atoms with Crippen molar-refractivity contribution >= 4 is 33.8 Å². The van der Waals surface area contributed by atoms with E-state index in [2.05, 4.69) is 15.9 Å². The van der Waals surface area contributed by atoms with Crippen molar-refractivity contribution in [3.63, 3.8) is 0 Å². The van der Waals surface area contributed by atoms with Gasteiger partial charge in [-0.2, -0.15) is 0 Å². The Morgan fingerprint density at radius 3 is 2.50 bits per heavy atom. The van der Waals surface area contributed by atoms with Crippen LogP contribution in [-0.2, 0) is 4.79 Å². The van der Waals surface area contributed by atoms with Crippen molar-refractivity contribution < 1.29 is 14.3 Å². The highest BCUT2D eigenvalue weighted by Gasteiger charge is 2.04. The number of ether oxygens (including phenoxy) is 1. The molecule has 2 aromatic carbocycles. The summed E-state index contributed by atoms with van der Waals surface area (Å²) >= 11 is 3.37. The van der Waals surface area contributed by atoms with Crippen LogP contribution in [-0.4, -0.2) is 11.8 Å². The van der Waals surface area contributed by atoms with E-state index in [1.807, 2.05) is 31.2 Å². The number of benzene rings is 2. The van der Waals surface area contributed by atoms with E-state index in [1.54, 1.807) is 30.3 Å². The lowest BCUT2D eigenvalue weighted by Crippen LogP contribution is -2.04. The van der Waals surface area contributed by atoms with Crippen LogP contribution >= 0.6 is 15.9 Å². The van der Waals surface area contributed by atoms with Gasteiger partial charge in [-0.25, -0.2) is 4.79 Å². The lowest BCUT2D eigenvalue weighted by Gasteiger charge is -2.02. The Bertz CT molecular complexity index is 703. The maximum absolute atomic E-state index is 11.8. The zero-order chi connectivity index (χ0) is 15.9. The molecule has 2 aromatic rings. The van der Waals surface area contributed by atoms with Gasteiger partial charge in [0.2, 0.25) is 0 Å². The van der Waals surface area contributed by atoms with E-state index in [0.717, 1.165) is 10.0 Å². The smallest absolute Gasteiger partial charge is 0.336 e. The predicted molar refractivity (Wildman–Crippen MR) is 89.9 cm³/mol. The summed E-state index contributed by atoms with van der Waals surface area (Å²) in [5.74, 6) is 0.0125. The molecule has 2 rings (SSSR count). The van der Waals surface area contributed by atoms with Crippen molar-refractivity contribution in [3.05, 3.63) is 70.2 Å². The molecule has 0 saturated carbocycles. The number of halogens is 1. The monoisotopic (exact) mass is 358 g/mol. The lowest BCUT2D eigenvalue weighted by atomic mass is 10.1. The first-order chi connectivity index (χ1) is 10.6. The molecule has 22 heavy (non-hydrogen) atoms. The molecule has 0 heterocycles. The van der Waals surface area contributed by atoms with Gasteiger partial charge >= 0.3 is 5.97 Å². The molecule has 0 unspecified atom stereocenters. The summed E-state index contributed by atoms with van der Waals surface area (Å²) in [6, 6.07) is 14.1. The summed E-state index contributed by atoms with van der Waals surface area (Å²) in [7, 11) is 0. The van der Waals surface area contributed by atoms with Crippen LogP contribution in [0.1, 0.15) is 29.3 Å². The molecule has 0 N–H and O–H groups in total. The number of hydrogen-bond donors (Lipinski definition) is 0. The third kappa shape index (κ3) is 4.67. The Morgan fingerprint density at radius 2 is 1.86 bits per heavy atom. The maximum Gasteiger partial charge on any atom is 0.336 e. The molecule has 0 spiro atoms. The second kappa shape index (κ2) is 7.71. The molecule has 0 saturated heterocycles. The van der Waals surface area contributed by atoms with E-state index in [-0.39, 0.29) is 5.78 Å². The standard InChI is InChI=1S/C18H15BrO3/c1-2-17(20)14-7-9-16(10-8-14)22-18(21)11-6-13-4-3-5-15(19)12-13/h3-12H,2H2,1H3/b11-6+. The number of hydrogen-bond acceptors (Lipinski definition) is 3. The van der Waals surface area contributed by atoms with Crippen LogP contribution in [0.25, 0.3) is 6.08 Å². The zero-order valence-corrected chi connectivity index (χ0v) is 13.7. The molecule has 3 nitrogen and oxygen atoms in total. The van der Waals surface area contributed by atoms with Gasteiger partial charge in [-0.15, -0.1) is 0 Å². The third-order valence-corrected chi connectivity index (χ3v) is 3.47. The largest absolute Gasteiger partial charge is 0.423 e. The molecular weight excluding hydrogens is 344 g/mol. The van der Waals surface area contributed by atoms with Crippen molar-refractivity contribution in [1.29, 1.82) is 0 Å². The van der Waals surface area contributed by atoms with Crippen molar-refractivity contribution in [1.82, 2.24) is 0 Å². The summed E-state index contributed by atoms with van der Waals surface area (Å²) in [6.07, 6.45) is 3.50. The van der Waals surface area contributed by atoms with Gasteiger partial charge in [0.25, 0.3) is 0 Å². The molecule has 0 amide bonds. The number of ketones is 1. The minimum absolute atomic E-state index is 0.0624. The minimum Gasteiger partial charge on any atom is -0.423 e. The van der Waals surface area contributed by atoms with E-state index in [0.29, 0.717) is 17.7 Å². The minimum atomic E-state index is -0.463. The van der Waals surface area contributed by atoms with Gasteiger partial charge in [0, 0.05) is 22.5 Å². The Labute approximate surface area is 137 Å². The first kappa shape index (κ1) is 16.2. The summed E-state index contributed by atoms with van der Waals surface area (Å²) in [5.41, 5.74) is 1.52. The summed E-state index contributed by atoms with van der Waals surface area (Å²) < 4.78 is 6.13. The topological polar surface area (TPSA) is 43.4 Å². The molecule has 112 valence electrons. The van der Waals surface area contributed by atoms with Gasteiger partial charge in [-0.1, -0.05) is 35.0 Å². The van der Waals surface area contributed by atoms with Crippen molar-refractivity contribution in [2.24, 2.45) is 0 Å². The average Bonchev–Trinajstić information content (AvgIpc) is 2.53. The van der Waals surface area contributed by atoms with Gasteiger partial charge < -0.3 is 4.74 Å². The molecule has 0 aliphatic rings. The SMILES string of the molecule is CCC(=O)c1ccc(OC(=O)/C=C/c2cccc(Br)c2)cc1. The quantitative estimate of drug-likeness (QED) is 0.338. The van der Waals surface area contributed by atoms with Crippen molar-refractivity contribution in [2.75, 3.05) is 0 Å². The number of esters is 1. The molecule has 0 fully saturated rings. The summed E-state index contributed by atoms with van der Waals surface area (Å²) in [4.78, 5) is 23.3. The molecule has 0 aromatic heterocycles. The van der Waals surface area contributed by atoms with Crippen LogP contribution < -0.4 is 4.74 Å². The van der Waals surface area contributed by atoms with Crippen molar-refractivity contribution in [3.8, 4) is 5.75 Å². The van der Waals surface area contributed by atoms with E-state index in [9.17, 15) is 9.59 Å². The number of Topliss-reactive ketones (excluding diaryl/α,β-unsaturated/α-hetero) is 1. The van der Waals surface area contributed by atoms with Crippen LogP contribution in [0, 0.1) is 0 Å². The Balaban J connectivity index is 1.98. The van der Waals surface area contributed by atoms with Gasteiger partial charge in [0.15, 0.2) is 5.78 Å². The van der Waals surface area contributed by atoms with Crippen LogP contribution in [0.4, 0.5) is 0 Å². The van der Waals surface area contributed by atoms with E-state index >= 15 is 0 Å². The fourth-order valence-electron chi connectivity index (χ4n) is 1.84. The zero-order valence-electron chi connectivity index (χ0n) is 12.1. The Morgan fingerprint density at radius 1 is 1.14 bits per heavy atom. The molecule has 4 heteroatoms. The normalized spacial score (nSPS) is 10.6. The van der Waals surface area contributed by atoms with Crippen molar-refractivity contribution in [2.45, 2.75) is 13.3 Å².